The lowest BCUT2D eigenvalue weighted by molar-refractivity contribution is -0.143. The van der Waals surface area contributed by atoms with Gasteiger partial charge in [0.25, 0.3) is 6.43 Å². The average molecular weight is 534 g/mol. The monoisotopic (exact) mass is 533 g/mol. The normalized spacial score (nSPS) is 24.1. The van der Waals surface area contributed by atoms with Gasteiger partial charge in [0.1, 0.15) is 11.6 Å². The topological polar surface area (TPSA) is 47.0 Å². The van der Waals surface area contributed by atoms with E-state index in [-0.39, 0.29) is 17.5 Å². The largest absolute Gasteiger partial charge is 0.481 e. The molecule has 9 heteroatoms. The standard InChI is InChI=1S/C29H35F4N3O2/c1-18-14-20-4-2-3-5-23(20)28(36(18)17-26(32)33)27-24(30)15-22(16-25(27)31)35-12-8-21(9-13-35)34-10-6-19(7-11-34)29(37)38/h2-5,15-16,18-19,21,26,28H,6-14,17H2,1H3,(H,37,38)/t18-,28?/m1/s1. The number of hydrogen-bond donors (Lipinski definition) is 1. The summed E-state index contributed by atoms with van der Waals surface area (Å²) in [5, 5.41) is 9.23. The van der Waals surface area contributed by atoms with E-state index >= 15 is 8.78 Å². The first-order valence-corrected chi connectivity index (χ1v) is 13.5. The molecule has 5 rings (SSSR count). The average Bonchev–Trinajstić information content (AvgIpc) is 2.89. The van der Waals surface area contributed by atoms with Crippen molar-refractivity contribution >= 4 is 11.7 Å². The van der Waals surface area contributed by atoms with Crippen LogP contribution in [-0.4, -0.2) is 72.1 Å². The van der Waals surface area contributed by atoms with Gasteiger partial charge in [-0.1, -0.05) is 24.3 Å². The van der Waals surface area contributed by atoms with Crippen molar-refractivity contribution in [2.24, 2.45) is 5.92 Å². The summed E-state index contributed by atoms with van der Waals surface area (Å²) in [7, 11) is 0. The number of benzene rings is 2. The molecule has 0 aliphatic carbocycles. The van der Waals surface area contributed by atoms with Crippen molar-refractivity contribution in [1.82, 2.24) is 9.80 Å². The third-order valence-electron chi connectivity index (χ3n) is 8.67. The van der Waals surface area contributed by atoms with Gasteiger partial charge in [-0.3, -0.25) is 9.69 Å². The predicted molar refractivity (Wildman–Crippen MR) is 138 cm³/mol. The van der Waals surface area contributed by atoms with E-state index in [1.54, 1.807) is 12.1 Å². The van der Waals surface area contributed by atoms with Crippen molar-refractivity contribution in [1.29, 1.82) is 0 Å². The van der Waals surface area contributed by atoms with Crippen LogP contribution in [0.2, 0.25) is 0 Å². The van der Waals surface area contributed by atoms with Crippen LogP contribution < -0.4 is 4.90 Å². The number of carbonyl (C=O) groups is 1. The molecule has 0 saturated carbocycles. The Labute approximate surface area is 221 Å². The van der Waals surface area contributed by atoms with Crippen LogP contribution in [0.15, 0.2) is 36.4 Å². The minimum absolute atomic E-state index is 0.176. The summed E-state index contributed by atoms with van der Waals surface area (Å²) in [6.07, 6.45) is 0.894. The van der Waals surface area contributed by atoms with Crippen molar-refractivity contribution in [3.8, 4) is 0 Å². The van der Waals surface area contributed by atoms with Gasteiger partial charge >= 0.3 is 5.97 Å². The molecule has 3 aliphatic heterocycles. The number of likely N-dealkylation sites (tertiary alicyclic amines) is 1. The summed E-state index contributed by atoms with van der Waals surface area (Å²) in [5.41, 5.74) is 1.88. The maximum atomic E-state index is 15.7. The van der Waals surface area contributed by atoms with Gasteiger partial charge in [-0.2, -0.15) is 0 Å². The number of halogens is 4. The highest BCUT2D eigenvalue weighted by atomic mass is 19.3. The third kappa shape index (κ3) is 5.41. The van der Waals surface area contributed by atoms with E-state index in [0.717, 1.165) is 31.5 Å². The van der Waals surface area contributed by atoms with Crippen LogP contribution >= 0.6 is 0 Å². The number of aliphatic carboxylic acids is 1. The molecule has 0 aromatic heterocycles. The van der Waals surface area contributed by atoms with E-state index in [2.05, 4.69) is 4.90 Å². The van der Waals surface area contributed by atoms with Crippen molar-refractivity contribution in [2.75, 3.05) is 37.6 Å². The lowest BCUT2D eigenvalue weighted by Crippen LogP contribution is -2.48. The van der Waals surface area contributed by atoms with E-state index in [1.165, 1.54) is 17.0 Å². The number of rotatable bonds is 6. The maximum absolute atomic E-state index is 15.7. The molecular formula is C29H35F4N3O2. The lowest BCUT2D eigenvalue weighted by atomic mass is 9.84. The molecule has 0 radical (unpaired) electrons. The Morgan fingerprint density at radius 3 is 2.24 bits per heavy atom. The molecule has 2 atom stereocenters. The molecule has 3 heterocycles. The molecule has 5 nitrogen and oxygen atoms in total. The Hall–Kier alpha value is -2.65. The molecule has 2 aromatic rings. The van der Waals surface area contributed by atoms with Crippen molar-refractivity contribution in [3.05, 3.63) is 64.7 Å². The van der Waals surface area contributed by atoms with Crippen LogP contribution in [0.1, 0.15) is 55.3 Å². The zero-order valence-corrected chi connectivity index (χ0v) is 21.6. The zero-order chi connectivity index (χ0) is 27.0. The zero-order valence-electron chi connectivity index (χ0n) is 21.6. The molecule has 2 saturated heterocycles. The summed E-state index contributed by atoms with van der Waals surface area (Å²) in [6, 6.07) is 9.13. The van der Waals surface area contributed by atoms with E-state index in [0.29, 0.717) is 49.6 Å². The molecule has 38 heavy (non-hydrogen) atoms. The number of piperidine rings is 2. The van der Waals surface area contributed by atoms with Crippen LogP contribution in [0.25, 0.3) is 0 Å². The highest BCUT2D eigenvalue weighted by molar-refractivity contribution is 5.70. The molecule has 1 N–H and O–H groups in total. The van der Waals surface area contributed by atoms with Crippen LogP contribution in [0, 0.1) is 17.6 Å². The molecule has 3 aliphatic rings. The van der Waals surface area contributed by atoms with Gasteiger partial charge in [0.2, 0.25) is 0 Å². The van der Waals surface area contributed by atoms with Crippen LogP contribution in [0.5, 0.6) is 0 Å². The second kappa shape index (κ2) is 11.2. The summed E-state index contributed by atoms with van der Waals surface area (Å²) in [5.74, 6) is -2.43. The number of nitrogens with zero attached hydrogens (tertiary/aromatic N) is 3. The van der Waals surface area contributed by atoms with Crippen LogP contribution in [0.3, 0.4) is 0 Å². The first-order valence-electron chi connectivity index (χ1n) is 13.5. The van der Waals surface area contributed by atoms with Gasteiger partial charge in [-0.25, -0.2) is 17.6 Å². The SMILES string of the molecule is C[C@@H]1Cc2ccccc2C(c2c(F)cc(N3CCC(N4CCC(C(=O)O)CC4)CC3)cc2F)N1CC(F)F. The number of carboxylic acid groups (broad SMARTS) is 1. The number of anilines is 1. The van der Waals surface area contributed by atoms with E-state index in [1.807, 2.05) is 24.0 Å². The Morgan fingerprint density at radius 2 is 1.63 bits per heavy atom. The fourth-order valence-corrected chi connectivity index (χ4v) is 6.64. The molecule has 206 valence electrons. The molecule has 2 fully saturated rings. The Morgan fingerprint density at radius 1 is 1.00 bits per heavy atom. The minimum atomic E-state index is -2.62. The fourth-order valence-electron chi connectivity index (χ4n) is 6.64. The highest BCUT2D eigenvalue weighted by Crippen LogP contribution is 2.41. The van der Waals surface area contributed by atoms with Gasteiger partial charge in [0, 0.05) is 36.4 Å². The van der Waals surface area contributed by atoms with Crippen LogP contribution in [0.4, 0.5) is 23.2 Å². The molecule has 2 aromatic carbocycles. The van der Waals surface area contributed by atoms with E-state index in [4.69, 9.17) is 0 Å². The second-order valence-corrected chi connectivity index (χ2v) is 10.9. The number of alkyl halides is 2. The minimum Gasteiger partial charge on any atom is -0.481 e. The second-order valence-electron chi connectivity index (χ2n) is 10.9. The predicted octanol–water partition coefficient (Wildman–Crippen LogP) is 5.33. The van der Waals surface area contributed by atoms with Crippen molar-refractivity contribution in [2.45, 2.75) is 63.6 Å². The quantitative estimate of drug-likeness (QED) is 0.509. The molecule has 0 amide bonds. The first-order chi connectivity index (χ1) is 18.2. The Kier molecular flexibility index (Phi) is 7.95. The maximum Gasteiger partial charge on any atom is 0.306 e. The summed E-state index contributed by atoms with van der Waals surface area (Å²) in [4.78, 5) is 17.1. The van der Waals surface area contributed by atoms with E-state index < -0.39 is 36.6 Å². The number of fused-ring (bicyclic) bond motifs is 1. The smallest absolute Gasteiger partial charge is 0.306 e. The fraction of sp³-hybridized carbons (Fsp3) is 0.552. The van der Waals surface area contributed by atoms with Gasteiger partial charge in [-0.05, 0) is 75.4 Å². The Bertz CT molecular complexity index is 1120. The lowest BCUT2D eigenvalue weighted by Gasteiger charge is -2.43. The number of hydrogen-bond acceptors (Lipinski definition) is 4. The van der Waals surface area contributed by atoms with Gasteiger partial charge in [0.15, 0.2) is 0 Å². The van der Waals surface area contributed by atoms with Crippen LogP contribution in [-0.2, 0) is 11.2 Å². The summed E-state index contributed by atoms with van der Waals surface area (Å²) < 4.78 is 58.5. The molecule has 0 bridgehead atoms. The van der Waals surface area contributed by atoms with Gasteiger partial charge in [0.05, 0.1) is 18.5 Å². The third-order valence-corrected chi connectivity index (χ3v) is 8.67. The van der Waals surface area contributed by atoms with Crippen molar-refractivity contribution < 1.29 is 27.5 Å². The molecular weight excluding hydrogens is 498 g/mol. The summed E-state index contributed by atoms with van der Waals surface area (Å²) >= 11 is 0. The first kappa shape index (κ1) is 26.9. The summed E-state index contributed by atoms with van der Waals surface area (Å²) in [6.45, 7) is 4.07. The van der Waals surface area contributed by atoms with Crippen molar-refractivity contribution in [3.63, 3.8) is 0 Å². The Balaban J connectivity index is 1.34. The van der Waals surface area contributed by atoms with E-state index in [9.17, 15) is 18.7 Å². The number of carboxylic acids is 1. The van der Waals surface area contributed by atoms with Gasteiger partial charge < -0.3 is 14.9 Å². The molecule has 1 unspecified atom stereocenters. The highest BCUT2D eigenvalue weighted by Gasteiger charge is 2.38. The molecule has 0 spiro atoms. The van der Waals surface area contributed by atoms with Gasteiger partial charge in [-0.15, -0.1) is 0 Å².